The summed E-state index contributed by atoms with van der Waals surface area (Å²) in [5.74, 6) is -0.260. The van der Waals surface area contributed by atoms with Crippen LogP contribution in [0.5, 0.6) is 0 Å². The molecule has 0 saturated heterocycles. The largest absolute Gasteiger partial charge is 0.290 e. The van der Waals surface area contributed by atoms with Crippen LogP contribution < -0.4 is 0 Å². The standard InChI is InChI=1S/C24H36FN/c1-7-8-17-26-18-23(25)21(4)12-9-11-19(2)14-15-22-20(3)13-10-16-24(22,5)6/h9,11-12,14-15,18H,7-8,10,13,16-17H2,1-6H3/b12-9-,15-14+,19-11+,23-21+,26-18?. The van der Waals surface area contributed by atoms with Crippen molar-refractivity contribution in [2.75, 3.05) is 6.54 Å². The quantitative estimate of drug-likeness (QED) is 0.240. The molecule has 0 atom stereocenters. The van der Waals surface area contributed by atoms with Crippen LogP contribution in [0.3, 0.4) is 0 Å². The van der Waals surface area contributed by atoms with Gasteiger partial charge in [0.05, 0.1) is 6.21 Å². The highest BCUT2D eigenvalue weighted by Crippen LogP contribution is 2.40. The Hall–Kier alpha value is -1.70. The van der Waals surface area contributed by atoms with Crippen molar-refractivity contribution in [3.05, 3.63) is 58.5 Å². The summed E-state index contributed by atoms with van der Waals surface area (Å²) < 4.78 is 13.9. The second-order valence-electron chi connectivity index (χ2n) is 7.95. The summed E-state index contributed by atoms with van der Waals surface area (Å²) in [6.45, 7) is 13.5. The SMILES string of the molecule is CCCCN=C\C(F)=C(C)/C=C\C=C(C)\C=C\C1=C(C)CCCC1(C)C. The van der Waals surface area contributed by atoms with Gasteiger partial charge in [0.1, 0.15) is 5.83 Å². The van der Waals surface area contributed by atoms with Crippen molar-refractivity contribution in [2.24, 2.45) is 10.4 Å². The third kappa shape index (κ3) is 7.68. The zero-order valence-electron chi connectivity index (χ0n) is 17.5. The van der Waals surface area contributed by atoms with E-state index in [-0.39, 0.29) is 11.2 Å². The smallest absolute Gasteiger partial charge is 0.143 e. The average molecular weight is 358 g/mol. The Morgan fingerprint density at radius 3 is 2.62 bits per heavy atom. The molecule has 0 N–H and O–H groups in total. The second kappa shape index (κ2) is 11.1. The van der Waals surface area contributed by atoms with Crippen molar-refractivity contribution in [2.45, 2.75) is 73.6 Å². The van der Waals surface area contributed by atoms with Crippen LogP contribution in [-0.2, 0) is 0 Å². The maximum absolute atomic E-state index is 13.9. The van der Waals surface area contributed by atoms with E-state index in [1.807, 2.05) is 12.2 Å². The lowest BCUT2D eigenvalue weighted by Gasteiger charge is -2.32. The predicted octanol–water partition coefficient (Wildman–Crippen LogP) is 7.69. The molecule has 0 fully saturated rings. The van der Waals surface area contributed by atoms with Gasteiger partial charge in [-0.3, -0.25) is 4.99 Å². The molecule has 26 heavy (non-hydrogen) atoms. The fourth-order valence-corrected chi connectivity index (χ4v) is 3.20. The van der Waals surface area contributed by atoms with Gasteiger partial charge in [0, 0.05) is 6.54 Å². The molecular weight excluding hydrogens is 321 g/mol. The lowest BCUT2D eigenvalue weighted by atomic mass is 9.72. The molecule has 144 valence electrons. The Bertz CT molecular complexity index is 639. The zero-order valence-corrected chi connectivity index (χ0v) is 17.5. The van der Waals surface area contributed by atoms with Gasteiger partial charge in [-0.2, -0.15) is 0 Å². The van der Waals surface area contributed by atoms with Crippen molar-refractivity contribution in [3.8, 4) is 0 Å². The topological polar surface area (TPSA) is 12.4 Å². The highest BCUT2D eigenvalue weighted by atomic mass is 19.1. The minimum absolute atomic E-state index is 0.258. The van der Waals surface area contributed by atoms with Crippen molar-refractivity contribution in [1.82, 2.24) is 0 Å². The molecule has 0 heterocycles. The number of hydrogen-bond acceptors (Lipinski definition) is 1. The molecule has 1 rings (SSSR count). The molecular formula is C24H36FN. The van der Waals surface area contributed by atoms with Crippen LogP contribution in [0.25, 0.3) is 0 Å². The van der Waals surface area contributed by atoms with E-state index in [2.05, 4.69) is 51.8 Å². The van der Waals surface area contributed by atoms with Gasteiger partial charge in [0.2, 0.25) is 0 Å². The van der Waals surface area contributed by atoms with E-state index in [1.54, 1.807) is 13.0 Å². The van der Waals surface area contributed by atoms with Crippen LogP contribution >= 0.6 is 0 Å². The van der Waals surface area contributed by atoms with Gasteiger partial charge in [-0.15, -0.1) is 0 Å². The van der Waals surface area contributed by atoms with E-state index in [9.17, 15) is 4.39 Å². The molecule has 0 bridgehead atoms. The van der Waals surface area contributed by atoms with E-state index in [0.29, 0.717) is 12.1 Å². The first kappa shape index (κ1) is 22.3. The lowest BCUT2D eigenvalue weighted by molar-refractivity contribution is 0.377. The van der Waals surface area contributed by atoms with Gasteiger partial charge in [0.25, 0.3) is 0 Å². The molecule has 0 radical (unpaired) electrons. The summed E-state index contributed by atoms with van der Waals surface area (Å²) in [5, 5.41) is 0. The molecule has 0 spiro atoms. The Morgan fingerprint density at radius 1 is 1.23 bits per heavy atom. The molecule has 2 heteroatoms. The summed E-state index contributed by atoms with van der Waals surface area (Å²) in [7, 11) is 0. The maximum atomic E-state index is 13.9. The molecule has 0 aromatic rings. The summed E-state index contributed by atoms with van der Waals surface area (Å²) in [4.78, 5) is 4.10. The van der Waals surface area contributed by atoms with E-state index in [0.717, 1.165) is 18.4 Å². The third-order valence-corrected chi connectivity index (χ3v) is 4.98. The highest BCUT2D eigenvalue weighted by molar-refractivity contribution is 5.77. The second-order valence-corrected chi connectivity index (χ2v) is 7.95. The fraction of sp³-hybridized carbons (Fsp3) is 0.542. The molecule has 0 unspecified atom stereocenters. The van der Waals surface area contributed by atoms with Gasteiger partial charge in [-0.1, -0.05) is 68.7 Å². The first-order valence-electron chi connectivity index (χ1n) is 9.87. The summed E-state index contributed by atoms with van der Waals surface area (Å²) in [6.07, 6.45) is 17.3. The van der Waals surface area contributed by atoms with Crippen LogP contribution in [0.2, 0.25) is 0 Å². The number of halogens is 1. The monoisotopic (exact) mass is 357 g/mol. The minimum atomic E-state index is -0.260. The van der Waals surface area contributed by atoms with Crippen molar-refractivity contribution in [3.63, 3.8) is 0 Å². The summed E-state index contributed by atoms with van der Waals surface area (Å²) in [5.41, 5.74) is 4.99. The first-order valence-corrected chi connectivity index (χ1v) is 9.87. The minimum Gasteiger partial charge on any atom is -0.290 e. The third-order valence-electron chi connectivity index (χ3n) is 4.98. The van der Waals surface area contributed by atoms with Crippen LogP contribution in [0.1, 0.15) is 73.6 Å². The highest BCUT2D eigenvalue weighted by Gasteiger charge is 2.26. The van der Waals surface area contributed by atoms with Crippen LogP contribution in [0.15, 0.2) is 63.5 Å². The molecule has 1 aliphatic rings. The van der Waals surface area contributed by atoms with Crippen LogP contribution in [-0.4, -0.2) is 12.8 Å². The summed E-state index contributed by atoms with van der Waals surface area (Å²) >= 11 is 0. The van der Waals surface area contributed by atoms with E-state index < -0.39 is 0 Å². The molecule has 0 aromatic carbocycles. The van der Waals surface area contributed by atoms with Gasteiger partial charge in [0.15, 0.2) is 0 Å². The van der Waals surface area contributed by atoms with E-state index in [1.165, 1.54) is 36.6 Å². The van der Waals surface area contributed by atoms with Crippen molar-refractivity contribution in [1.29, 1.82) is 0 Å². The van der Waals surface area contributed by atoms with E-state index >= 15 is 0 Å². The summed E-state index contributed by atoms with van der Waals surface area (Å²) in [6, 6.07) is 0. The number of unbranched alkanes of at least 4 members (excludes halogenated alkanes) is 1. The number of rotatable bonds is 8. The van der Waals surface area contributed by atoms with Gasteiger partial charge < -0.3 is 0 Å². The van der Waals surface area contributed by atoms with E-state index in [4.69, 9.17) is 0 Å². The normalized spacial score (nSPS) is 19.9. The Kier molecular flexibility index (Phi) is 9.54. The number of nitrogens with zero attached hydrogens (tertiary/aromatic N) is 1. The van der Waals surface area contributed by atoms with Gasteiger partial charge in [-0.05, 0) is 63.0 Å². The molecule has 0 amide bonds. The van der Waals surface area contributed by atoms with Crippen molar-refractivity contribution >= 4 is 6.21 Å². The Balaban J connectivity index is 2.73. The number of aliphatic imine (C=N–C) groups is 1. The van der Waals surface area contributed by atoms with Crippen LogP contribution in [0, 0.1) is 5.41 Å². The molecule has 1 aliphatic carbocycles. The molecule has 0 aliphatic heterocycles. The average Bonchev–Trinajstić information content (AvgIpc) is 2.57. The Labute approximate surface area is 160 Å². The lowest BCUT2D eigenvalue weighted by Crippen LogP contribution is -2.19. The fourth-order valence-electron chi connectivity index (χ4n) is 3.20. The Morgan fingerprint density at radius 2 is 1.96 bits per heavy atom. The maximum Gasteiger partial charge on any atom is 0.143 e. The molecule has 0 saturated carbocycles. The zero-order chi connectivity index (χ0) is 19.6. The van der Waals surface area contributed by atoms with Gasteiger partial charge >= 0.3 is 0 Å². The first-order chi connectivity index (χ1) is 12.3. The number of allylic oxidation sites excluding steroid dienone is 10. The van der Waals surface area contributed by atoms with Gasteiger partial charge in [-0.25, -0.2) is 4.39 Å². The molecule has 0 aromatic heterocycles. The number of hydrogen-bond donors (Lipinski definition) is 0. The molecule has 1 nitrogen and oxygen atoms in total. The van der Waals surface area contributed by atoms with Crippen LogP contribution in [0.4, 0.5) is 4.39 Å². The predicted molar refractivity (Wildman–Crippen MR) is 114 cm³/mol. The van der Waals surface area contributed by atoms with Crippen molar-refractivity contribution < 1.29 is 4.39 Å².